The zero-order valence-corrected chi connectivity index (χ0v) is 14.9. The summed E-state index contributed by atoms with van der Waals surface area (Å²) >= 11 is 0. The van der Waals surface area contributed by atoms with E-state index in [4.69, 9.17) is 14.2 Å². The molecule has 0 spiro atoms. The van der Waals surface area contributed by atoms with Crippen LogP contribution in [0.4, 0.5) is 0 Å². The van der Waals surface area contributed by atoms with E-state index >= 15 is 0 Å². The zero-order valence-electron chi connectivity index (χ0n) is 14.9. The SMILES string of the molecule is COC.COC(=O)c1cn(C2CCOC2OC)c(C=O)c(OC)c1=O. The van der Waals surface area contributed by atoms with E-state index in [1.165, 1.54) is 32.1 Å². The highest BCUT2D eigenvalue weighted by Crippen LogP contribution is 2.29. The van der Waals surface area contributed by atoms with Crippen molar-refractivity contribution in [3.8, 4) is 5.75 Å². The van der Waals surface area contributed by atoms with Gasteiger partial charge >= 0.3 is 5.97 Å². The Hall–Kier alpha value is -2.23. The van der Waals surface area contributed by atoms with Gasteiger partial charge in [-0.3, -0.25) is 9.59 Å². The number of hydrogen-bond acceptors (Lipinski definition) is 8. The van der Waals surface area contributed by atoms with Gasteiger partial charge in [0.05, 0.1) is 26.9 Å². The van der Waals surface area contributed by atoms with E-state index in [2.05, 4.69) is 9.47 Å². The van der Waals surface area contributed by atoms with Crippen LogP contribution in [-0.4, -0.2) is 65.3 Å². The lowest BCUT2D eigenvalue weighted by molar-refractivity contribution is -0.106. The maximum atomic E-state index is 12.2. The fourth-order valence-corrected chi connectivity index (χ4v) is 2.51. The van der Waals surface area contributed by atoms with Gasteiger partial charge in [-0.05, 0) is 6.42 Å². The number of pyridine rings is 1. The van der Waals surface area contributed by atoms with Crippen LogP contribution in [0.15, 0.2) is 11.0 Å². The summed E-state index contributed by atoms with van der Waals surface area (Å²) in [5.41, 5.74) is -0.884. The van der Waals surface area contributed by atoms with Crippen molar-refractivity contribution in [2.45, 2.75) is 18.8 Å². The number of nitrogens with zero attached hydrogens (tertiary/aromatic N) is 1. The van der Waals surface area contributed by atoms with Crippen LogP contribution in [0.3, 0.4) is 0 Å². The lowest BCUT2D eigenvalue weighted by Gasteiger charge is -2.23. The van der Waals surface area contributed by atoms with Crippen LogP contribution < -0.4 is 10.2 Å². The second kappa shape index (κ2) is 9.92. The van der Waals surface area contributed by atoms with Crippen LogP contribution in [-0.2, 0) is 18.9 Å². The van der Waals surface area contributed by atoms with E-state index in [1.54, 1.807) is 14.2 Å². The first-order valence-electron chi connectivity index (χ1n) is 7.41. The molecular weight excluding hydrogens is 334 g/mol. The van der Waals surface area contributed by atoms with Gasteiger partial charge in [0.1, 0.15) is 11.3 Å². The quantitative estimate of drug-likeness (QED) is 0.559. The lowest BCUT2D eigenvalue weighted by atomic mass is 10.1. The Kier molecular flexibility index (Phi) is 8.26. The third-order valence-corrected chi connectivity index (χ3v) is 3.55. The molecule has 0 saturated carbocycles. The molecule has 9 nitrogen and oxygen atoms in total. The minimum atomic E-state index is -0.803. The number of aromatic nitrogens is 1. The number of rotatable bonds is 5. The highest BCUT2D eigenvalue weighted by atomic mass is 16.7. The molecule has 0 amide bonds. The van der Waals surface area contributed by atoms with Gasteiger partial charge in [-0.1, -0.05) is 0 Å². The summed E-state index contributed by atoms with van der Waals surface area (Å²) in [5.74, 6) is -1.01. The minimum Gasteiger partial charge on any atom is -0.491 e. The van der Waals surface area contributed by atoms with Crippen molar-refractivity contribution in [2.24, 2.45) is 0 Å². The molecule has 1 saturated heterocycles. The Morgan fingerprint density at radius 3 is 2.40 bits per heavy atom. The summed E-state index contributed by atoms with van der Waals surface area (Å²) in [7, 11) is 7.15. The van der Waals surface area contributed by atoms with Gasteiger partial charge in [0.25, 0.3) is 0 Å². The molecule has 0 radical (unpaired) electrons. The molecule has 25 heavy (non-hydrogen) atoms. The molecule has 1 aromatic heterocycles. The molecule has 0 bridgehead atoms. The van der Waals surface area contributed by atoms with Crippen molar-refractivity contribution in [1.82, 2.24) is 4.57 Å². The number of hydrogen-bond donors (Lipinski definition) is 0. The molecule has 2 rings (SSSR count). The lowest BCUT2D eigenvalue weighted by Crippen LogP contribution is -2.29. The van der Waals surface area contributed by atoms with Gasteiger partial charge in [-0.15, -0.1) is 0 Å². The molecule has 1 aliphatic heterocycles. The van der Waals surface area contributed by atoms with Gasteiger partial charge in [0, 0.05) is 27.5 Å². The summed E-state index contributed by atoms with van der Waals surface area (Å²) in [6.07, 6.45) is 1.76. The molecular formula is C16H23NO8. The van der Waals surface area contributed by atoms with Gasteiger partial charge in [-0.25, -0.2) is 4.79 Å². The summed E-state index contributed by atoms with van der Waals surface area (Å²) < 4.78 is 26.0. The fraction of sp³-hybridized carbons (Fsp3) is 0.562. The number of esters is 1. The number of carbonyl (C=O) groups is 2. The largest absolute Gasteiger partial charge is 0.491 e. The van der Waals surface area contributed by atoms with Gasteiger partial charge in [-0.2, -0.15) is 0 Å². The Labute approximate surface area is 145 Å². The average molecular weight is 357 g/mol. The molecule has 140 valence electrons. The van der Waals surface area contributed by atoms with Gasteiger partial charge < -0.3 is 28.3 Å². The van der Waals surface area contributed by atoms with Crippen LogP contribution >= 0.6 is 0 Å². The molecule has 0 N–H and O–H groups in total. The van der Waals surface area contributed by atoms with Crippen molar-refractivity contribution in [2.75, 3.05) is 42.2 Å². The van der Waals surface area contributed by atoms with Crippen molar-refractivity contribution >= 4 is 12.3 Å². The first kappa shape index (κ1) is 20.8. The van der Waals surface area contributed by atoms with Crippen LogP contribution in [0, 0.1) is 0 Å². The van der Waals surface area contributed by atoms with Crippen molar-refractivity contribution in [1.29, 1.82) is 0 Å². The number of ether oxygens (including phenoxy) is 5. The predicted molar refractivity (Wildman–Crippen MR) is 87.3 cm³/mol. The van der Waals surface area contributed by atoms with E-state index < -0.39 is 17.7 Å². The molecule has 0 aliphatic carbocycles. The third-order valence-electron chi connectivity index (χ3n) is 3.55. The Bertz CT molecular complexity index is 654. The van der Waals surface area contributed by atoms with E-state index in [-0.39, 0.29) is 23.0 Å². The van der Waals surface area contributed by atoms with E-state index in [0.29, 0.717) is 19.3 Å². The van der Waals surface area contributed by atoms with Gasteiger partial charge in [0.15, 0.2) is 18.3 Å². The molecule has 1 aliphatic rings. The minimum absolute atomic E-state index is 0.0257. The standard InChI is InChI=1S/C14H17NO7.C2H6O/c1-19-12-10(7-16)15(9-4-5-22-14(9)21-3)6-8(11(12)17)13(18)20-2;1-3-2/h6-7,9,14H,4-5H2,1-3H3;1-2H3. The van der Waals surface area contributed by atoms with E-state index in [1.807, 2.05) is 0 Å². The van der Waals surface area contributed by atoms with Crippen LogP contribution in [0.1, 0.15) is 33.3 Å². The smallest absolute Gasteiger partial charge is 0.343 e. The summed E-state index contributed by atoms with van der Waals surface area (Å²) in [6, 6.07) is -0.358. The van der Waals surface area contributed by atoms with Crippen LogP contribution in [0.2, 0.25) is 0 Å². The topological polar surface area (TPSA) is 102 Å². The Morgan fingerprint density at radius 2 is 1.92 bits per heavy atom. The Morgan fingerprint density at radius 1 is 1.28 bits per heavy atom. The second-order valence-electron chi connectivity index (χ2n) is 5.05. The highest BCUT2D eigenvalue weighted by Gasteiger charge is 2.33. The molecule has 9 heteroatoms. The molecule has 1 fully saturated rings. The Balaban J connectivity index is 0.000000970. The summed E-state index contributed by atoms with van der Waals surface area (Å²) in [6.45, 7) is 0.434. The highest BCUT2D eigenvalue weighted by molar-refractivity contribution is 5.90. The molecule has 2 unspecified atom stereocenters. The zero-order chi connectivity index (χ0) is 19.0. The number of carbonyl (C=O) groups excluding carboxylic acids is 2. The fourth-order valence-electron chi connectivity index (χ4n) is 2.51. The van der Waals surface area contributed by atoms with Crippen molar-refractivity contribution in [3.63, 3.8) is 0 Å². The maximum absolute atomic E-state index is 12.2. The first-order valence-corrected chi connectivity index (χ1v) is 7.41. The third kappa shape index (κ3) is 4.44. The number of methoxy groups -OCH3 is 4. The van der Waals surface area contributed by atoms with E-state index in [9.17, 15) is 14.4 Å². The van der Waals surface area contributed by atoms with Crippen molar-refractivity contribution in [3.05, 3.63) is 27.7 Å². The second-order valence-corrected chi connectivity index (χ2v) is 5.05. The first-order chi connectivity index (χ1) is 12.0. The monoisotopic (exact) mass is 357 g/mol. The molecule has 2 heterocycles. The number of aldehydes is 1. The normalized spacial score (nSPS) is 18.9. The van der Waals surface area contributed by atoms with Crippen LogP contribution in [0.25, 0.3) is 0 Å². The summed E-state index contributed by atoms with van der Waals surface area (Å²) in [5, 5.41) is 0. The van der Waals surface area contributed by atoms with Crippen LogP contribution in [0.5, 0.6) is 5.75 Å². The summed E-state index contributed by atoms with van der Waals surface area (Å²) in [4.78, 5) is 35.4. The average Bonchev–Trinajstić information content (AvgIpc) is 3.09. The van der Waals surface area contributed by atoms with Gasteiger partial charge in [0.2, 0.25) is 5.43 Å². The van der Waals surface area contributed by atoms with Crippen molar-refractivity contribution < 1.29 is 33.3 Å². The van der Waals surface area contributed by atoms with E-state index in [0.717, 1.165) is 0 Å². The maximum Gasteiger partial charge on any atom is 0.343 e. The molecule has 2 atom stereocenters. The molecule has 1 aromatic rings. The predicted octanol–water partition coefficient (Wildman–Crippen LogP) is 0.653. The molecule has 0 aromatic carbocycles.